The van der Waals surface area contributed by atoms with Crippen LogP contribution in [0.25, 0.3) is 0 Å². The number of hydrogen-bond acceptors (Lipinski definition) is 3. The topological polar surface area (TPSA) is 71.3 Å². The van der Waals surface area contributed by atoms with Crippen LogP contribution in [0.3, 0.4) is 0 Å². The fourth-order valence-corrected chi connectivity index (χ4v) is 2.02. The monoisotopic (exact) mass is 340 g/mol. The molecule has 2 aromatic rings. The summed E-state index contributed by atoms with van der Waals surface area (Å²) in [4.78, 5) is 23.4. The maximum Gasteiger partial charge on any atom is 0.416 e. The van der Waals surface area contributed by atoms with Gasteiger partial charge in [0.25, 0.3) is 11.5 Å². The van der Waals surface area contributed by atoms with Gasteiger partial charge in [0.1, 0.15) is 0 Å². The van der Waals surface area contributed by atoms with Crippen molar-refractivity contribution >= 4 is 5.91 Å². The molecule has 0 saturated carbocycles. The van der Waals surface area contributed by atoms with E-state index >= 15 is 0 Å². The largest absolute Gasteiger partial charge is 0.416 e. The summed E-state index contributed by atoms with van der Waals surface area (Å²) >= 11 is 0. The molecule has 0 saturated heterocycles. The molecule has 0 spiro atoms. The lowest BCUT2D eigenvalue weighted by atomic mass is 10.1. The molecule has 2 rings (SSSR count). The highest BCUT2D eigenvalue weighted by molar-refractivity contribution is 5.93. The van der Waals surface area contributed by atoms with Crippen LogP contribution in [0.1, 0.15) is 27.6 Å². The van der Waals surface area contributed by atoms with Gasteiger partial charge in [-0.1, -0.05) is 12.1 Å². The SMILES string of the molecule is Cn1ccc(C(=O)NCC(O)c2cccc(C(F)(F)F)c2)cc1=O. The van der Waals surface area contributed by atoms with Crippen molar-refractivity contribution in [2.24, 2.45) is 7.05 Å². The molecule has 8 heteroatoms. The van der Waals surface area contributed by atoms with Gasteiger partial charge in [0.05, 0.1) is 11.7 Å². The Morgan fingerprint density at radius 2 is 2.00 bits per heavy atom. The maximum absolute atomic E-state index is 12.7. The van der Waals surface area contributed by atoms with Crippen molar-refractivity contribution in [3.63, 3.8) is 0 Å². The second-order valence-electron chi connectivity index (χ2n) is 5.21. The normalized spacial score (nSPS) is 12.7. The van der Waals surface area contributed by atoms with Crippen molar-refractivity contribution in [3.05, 3.63) is 69.6 Å². The molecule has 0 aliphatic heterocycles. The van der Waals surface area contributed by atoms with E-state index in [-0.39, 0.29) is 23.2 Å². The minimum absolute atomic E-state index is 0.0362. The first-order valence-electron chi connectivity index (χ1n) is 6.98. The summed E-state index contributed by atoms with van der Waals surface area (Å²) in [5.74, 6) is -0.598. The number of amides is 1. The van der Waals surface area contributed by atoms with Crippen LogP contribution >= 0.6 is 0 Å². The smallest absolute Gasteiger partial charge is 0.387 e. The van der Waals surface area contributed by atoms with E-state index in [1.807, 2.05) is 0 Å². The number of aromatic nitrogens is 1. The minimum atomic E-state index is -4.51. The van der Waals surface area contributed by atoms with Crippen molar-refractivity contribution < 1.29 is 23.1 Å². The number of aliphatic hydroxyl groups excluding tert-OH is 1. The number of aryl methyl sites for hydroxylation is 1. The van der Waals surface area contributed by atoms with Crippen LogP contribution in [0, 0.1) is 0 Å². The molecule has 1 aromatic carbocycles. The number of rotatable bonds is 4. The fourth-order valence-electron chi connectivity index (χ4n) is 2.02. The molecule has 0 aliphatic carbocycles. The highest BCUT2D eigenvalue weighted by Crippen LogP contribution is 2.30. The van der Waals surface area contributed by atoms with Gasteiger partial charge in [0.2, 0.25) is 0 Å². The van der Waals surface area contributed by atoms with Gasteiger partial charge in [-0.3, -0.25) is 9.59 Å². The van der Waals surface area contributed by atoms with Gasteiger partial charge < -0.3 is 15.0 Å². The molecule has 0 aliphatic rings. The molecule has 5 nitrogen and oxygen atoms in total. The van der Waals surface area contributed by atoms with E-state index in [0.29, 0.717) is 0 Å². The third kappa shape index (κ3) is 4.23. The Labute approximate surface area is 135 Å². The number of pyridine rings is 1. The molecule has 1 aromatic heterocycles. The predicted octanol–water partition coefficient (Wildman–Crippen LogP) is 1.87. The highest BCUT2D eigenvalue weighted by atomic mass is 19.4. The molecule has 1 unspecified atom stereocenters. The van der Waals surface area contributed by atoms with Crippen molar-refractivity contribution in [1.29, 1.82) is 0 Å². The molecule has 1 amide bonds. The van der Waals surface area contributed by atoms with E-state index in [4.69, 9.17) is 0 Å². The number of benzene rings is 1. The number of carbonyl (C=O) groups is 1. The van der Waals surface area contributed by atoms with E-state index < -0.39 is 23.8 Å². The average molecular weight is 340 g/mol. The van der Waals surface area contributed by atoms with Gasteiger partial charge in [0.15, 0.2) is 0 Å². The first-order valence-corrected chi connectivity index (χ1v) is 6.98. The van der Waals surface area contributed by atoms with Gasteiger partial charge in [-0.15, -0.1) is 0 Å². The number of nitrogens with one attached hydrogen (secondary N) is 1. The lowest BCUT2D eigenvalue weighted by Crippen LogP contribution is -2.30. The number of alkyl halides is 3. The van der Waals surface area contributed by atoms with Crippen LogP contribution in [0.5, 0.6) is 0 Å². The molecular weight excluding hydrogens is 325 g/mol. The van der Waals surface area contributed by atoms with Crippen molar-refractivity contribution in [2.75, 3.05) is 6.54 Å². The zero-order chi connectivity index (χ0) is 17.9. The molecule has 24 heavy (non-hydrogen) atoms. The van der Waals surface area contributed by atoms with Gasteiger partial charge in [-0.05, 0) is 23.8 Å². The number of aliphatic hydroxyl groups is 1. The molecule has 0 radical (unpaired) electrons. The Bertz CT molecular complexity index is 800. The van der Waals surface area contributed by atoms with E-state index in [2.05, 4.69) is 5.32 Å². The minimum Gasteiger partial charge on any atom is -0.387 e. The van der Waals surface area contributed by atoms with Crippen LogP contribution in [-0.4, -0.2) is 22.1 Å². The summed E-state index contributed by atoms with van der Waals surface area (Å²) in [6.45, 7) is -0.282. The molecule has 1 heterocycles. The summed E-state index contributed by atoms with van der Waals surface area (Å²) in [5, 5.41) is 12.3. The summed E-state index contributed by atoms with van der Waals surface area (Å²) in [7, 11) is 1.53. The average Bonchev–Trinajstić information content (AvgIpc) is 2.54. The van der Waals surface area contributed by atoms with Gasteiger partial charge in [0, 0.05) is 31.4 Å². The molecule has 1 atom stereocenters. The first kappa shape index (κ1) is 17.7. The summed E-state index contributed by atoms with van der Waals surface area (Å²) in [5.41, 5.74) is -1.11. The Balaban J connectivity index is 2.05. The fraction of sp³-hybridized carbons (Fsp3) is 0.250. The quantitative estimate of drug-likeness (QED) is 0.893. The van der Waals surface area contributed by atoms with E-state index in [0.717, 1.165) is 18.2 Å². The molecule has 0 fully saturated rings. The van der Waals surface area contributed by atoms with Crippen LogP contribution in [-0.2, 0) is 13.2 Å². The number of halogens is 3. The van der Waals surface area contributed by atoms with Crippen molar-refractivity contribution in [2.45, 2.75) is 12.3 Å². The van der Waals surface area contributed by atoms with E-state index in [1.54, 1.807) is 0 Å². The Morgan fingerprint density at radius 3 is 2.62 bits per heavy atom. The Hall–Kier alpha value is -2.61. The Morgan fingerprint density at radius 1 is 1.29 bits per heavy atom. The Kier molecular flexibility index (Phi) is 5.08. The second kappa shape index (κ2) is 6.88. The summed E-state index contributed by atoms with van der Waals surface area (Å²) in [6, 6.07) is 6.80. The number of nitrogens with zero attached hydrogens (tertiary/aromatic N) is 1. The lowest BCUT2D eigenvalue weighted by molar-refractivity contribution is -0.137. The van der Waals surface area contributed by atoms with Crippen LogP contribution < -0.4 is 10.9 Å². The summed E-state index contributed by atoms with van der Waals surface area (Å²) in [6.07, 6.45) is -4.40. The second-order valence-corrected chi connectivity index (χ2v) is 5.21. The number of carbonyl (C=O) groups excluding carboxylic acids is 1. The van der Waals surface area contributed by atoms with Gasteiger partial charge >= 0.3 is 6.18 Å². The lowest BCUT2D eigenvalue weighted by Gasteiger charge is -2.14. The van der Waals surface area contributed by atoms with Crippen LogP contribution in [0.4, 0.5) is 13.2 Å². The highest BCUT2D eigenvalue weighted by Gasteiger charge is 2.30. The molecule has 128 valence electrons. The molecular formula is C16H15F3N2O3. The van der Waals surface area contributed by atoms with Crippen LogP contribution in [0.15, 0.2) is 47.4 Å². The zero-order valence-electron chi connectivity index (χ0n) is 12.7. The molecule has 2 N–H and O–H groups in total. The van der Waals surface area contributed by atoms with Crippen molar-refractivity contribution in [3.8, 4) is 0 Å². The molecule has 0 bridgehead atoms. The predicted molar refractivity (Wildman–Crippen MR) is 80.4 cm³/mol. The zero-order valence-corrected chi connectivity index (χ0v) is 12.7. The van der Waals surface area contributed by atoms with Crippen molar-refractivity contribution in [1.82, 2.24) is 9.88 Å². The first-order chi connectivity index (χ1) is 11.2. The standard InChI is InChI=1S/C16H15F3N2O3/c1-21-6-5-11(8-14(21)23)15(24)20-9-13(22)10-3-2-4-12(7-10)16(17,18)19/h2-8,13,22H,9H2,1H3,(H,20,24). The summed E-state index contributed by atoms with van der Waals surface area (Å²) < 4.78 is 39.2. The van der Waals surface area contributed by atoms with Gasteiger partial charge in [-0.25, -0.2) is 0 Å². The number of hydrogen-bond donors (Lipinski definition) is 2. The van der Waals surface area contributed by atoms with Gasteiger partial charge in [-0.2, -0.15) is 13.2 Å². The van der Waals surface area contributed by atoms with E-state index in [1.165, 1.54) is 36.0 Å². The van der Waals surface area contributed by atoms with E-state index in [9.17, 15) is 27.9 Å². The third-order valence-electron chi connectivity index (χ3n) is 3.42. The maximum atomic E-state index is 12.7. The third-order valence-corrected chi connectivity index (χ3v) is 3.42. The van der Waals surface area contributed by atoms with Crippen LogP contribution in [0.2, 0.25) is 0 Å².